The number of ether oxygens (including phenoxy) is 2. The van der Waals surface area contributed by atoms with Gasteiger partial charge in [-0.25, -0.2) is 9.10 Å². The van der Waals surface area contributed by atoms with Gasteiger partial charge in [-0.05, 0) is 50.0 Å². The zero-order valence-electron chi connectivity index (χ0n) is 17.6. The quantitative estimate of drug-likeness (QED) is 0.258. The summed E-state index contributed by atoms with van der Waals surface area (Å²) in [6.07, 6.45) is 1.86. The van der Waals surface area contributed by atoms with Crippen LogP contribution >= 0.6 is 11.9 Å². The topological polar surface area (TPSA) is 42.0 Å². The van der Waals surface area contributed by atoms with Gasteiger partial charge in [-0.2, -0.15) is 4.39 Å². The van der Waals surface area contributed by atoms with Crippen LogP contribution in [-0.4, -0.2) is 43.6 Å². The number of carbonyl (C=O) groups is 1. The maximum Gasteiger partial charge on any atom is 0.370 e. The minimum atomic E-state index is -1.07. The third-order valence-electron chi connectivity index (χ3n) is 4.68. The van der Waals surface area contributed by atoms with E-state index in [0.717, 1.165) is 54.0 Å². The molecule has 0 bridgehead atoms. The van der Waals surface area contributed by atoms with Gasteiger partial charge < -0.3 is 14.4 Å². The van der Waals surface area contributed by atoms with Gasteiger partial charge in [0.2, 0.25) is 5.83 Å². The van der Waals surface area contributed by atoms with Crippen LogP contribution < -0.4 is 9.64 Å². The summed E-state index contributed by atoms with van der Waals surface area (Å²) in [5.74, 6) is -1.61. The summed E-state index contributed by atoms with van der Waals surface area (Å²) in [5.41, 5.74) is 2.93. The predicted molar refractivity (Wildman–Crippen MR) is 119 cm³/mol. The van der Waals surface area contributed by atoms with E-state index in [9.17, 15) is 9.18 Å². The second-order valence-corrected chi connectivity index (χ2v) is 8.16. The Hall–Kier alpha value is -2.51. The lowest BCUT2D eigenvalue weighted by atomic mass is 10.0. The number of esters is 1. The van der Waals surface area contributed by atoms with Crippen molar-refractivity contribution in [2.75, 3.05) is 38.2 Å². The van der Waals surface area contributed by atoms with Crippen molar-refractivity contribution >= 4 is 23.6 Å². The monoisotopic (exact) mass is 430 g/mol. The molecular weight excluding hydrogens is 403 g/mol. The molecule has 30 heavy (non-hydrogen) atoms. The normalized spacial score (nSPS) is 14.8. The van der Waals surface area contributed by atoms with Crippen LogP contribution in [0, 0.1) is 0 Å². The summed E-state index contributed by atoms with van der Waals surface area (Å²) >= 11 is 1.63. The third-order valence-corrected chi connectivity index (χ3v) is 5.70. The lowest BCUT2D eigenvalue weighted by Gasteiger charge is -2.25. The number of anilines is 1. The summed E-state index contributed by atoms with van der Waals surface area (Å²) in [6, 6.07) is 13.8. The van der Waals surface area contributed by atoms with E-state index in [1.54, 1.807) is 18.9 Å². The summed E-state index contributed by atoms with van der Waals surface area (Å²) in [7, 11) is 2.05. The zero-order valence-corrected chi connectivity index (χ0v) is 18.4. The molecule has 1 heterocycles. The van der Waals surface area contributed by atoms with Crippen molar-refractivity contribution in [3.05, 3.63) is 54.6 Å². The van der Waals surface area contributed by atoms with E-state index in [4.69, 9.17) is 4.74 Å². The lowest BCUT2D eigenvalue weighted by molar-refractivity contribution is -0.140. The fraction of sp³-hybridized carbons (Fsp3) is 0.348. The summed E-state index contributed by atoms with van der Waals surface area (Å²) < 4.78 is 26.6. The van der Waals surface area contributed by atoms with E-state index in [1.807, 2.05) is 36.4 Å². The average Bonchev–Trinajstić information content (AvgIpc) is 2.90. The molecule has 0 aromatic heterocycles. The number of rotatable bonds is 7. The van der Waals surface area contributed by atoms with E-state index in [-0.39, 0.29) is 6.61 Å². The number of carbonyl (C=O) groups excluding carboxylic acids is 1. The van der Waals surface area contributed by atoms with E-state index in [2.05, 4.69) is 34.0 Å². The second-order valence-electron chi connectivity index (χ2n) is 6.92. The maximum absolute atomic E-state index is 14.1. The molecule has 2 aromatic carbocycles. The van der Waals surface area contributed by atoms with Crippen molar-refractivity contribution in [3.8, 4) is 16.9 Å². The van der Waals surface area contributed by atoms with Crippen molar-refractivity contribution in [1.29, 1.82) is 0 Å². The minimum Gasteiger partial charge on any atom is -0.461 e. The Bertz CT molecular complexity index is 905. The van der Waals surface area contributed by atoms with Gasteiger partial charge in [0.1, 0.15) is 12.0 Å². The van der Waals surface area contributed by atoms with Crippen molar-refractivity contribution in [2.24, 2.45) is 0 Å². The van der Waals surface area contributed by atoms with E-state index in [0.29, 0.717) is 5.75 Å². The smallest absolute Gasteiger partial charge is 0.370 e. The van der Waals surface area contributed by atoms with Gasteiger partial charge in [0.15, 0.2) is 0 Å². The molecule has 0 radical (unpaired) electrons. The van der Waals surface area contributed by atoms with Crippen molar-refractivity contribution in [1.82, 2.24) is 4.31 Å². The van der Waals surface area contributed by atoms with Gasteiger partial charge in [0.05, 0.1) is 17.2 Å². The summed E-state index contributed by atoms with van der Waals surface area (Å²) in [5, 5.41) is 0. The van der Waals surface area contributed by atoms with Crippen LogP contribution in [0.1, 0.15) is 20.3 Å². The number of fused-ring (bicyclic) bond motifs is 1. The van der Waals surface area contributed by atoms with E-state index < -0.39 is 11.8 Å². The molecule has 3 rings (SSSR count). The highest BCUT2D eigenvalue weighted by Gasteiger charge is 2.22. The fourth-order valence-electron chi connectivity index (χ4n) is 3.27. The molecule has 1 aliphatic rings. The molecule has 0 atom stereocenters. The first-order chi connectivity index (χ1) is 14.5. The number of nitrogens with zero attached hydrogens (tertiary/aromatic N) is 2. The first kappa shape index (κ1) is 22.2. The Morgan fingerprint density at radius 3 is 2.67 bits per heavy atom. The van der Waals surface area contributed by atoms with Gasteiger partial charge in [-0.15, -0.1) is 0 Å². The molecule has 2 aromatic rings. The number of benzene rings is 2. The molecule has 0 spiro atoms. The standard InChI is InChI=1S/C23H27FN2O3S/c1-4-11-26-13-12-25(3)30-22-15-21(29-16-19(24)23(27)28-5-2)18(14-20(22)26)17-9-7-6-8-10-17/h6-10,14-16H,4-5,11-13H2,1-3H3/b19-16-. The van der Waals surface area contributed by atoms with Crippen molar-refractivity contribution < 1.29 is 18.7 Å². The molecule has 0 saturated heterocycles. The highest BCUT2D eigenvalue weighted by Crippen LogP contribution is 2.43. The van der Waals surface area contributed by atoms with Crippen LogP contribution in [0.3, 0.4) is 0 Å². The minimum absolute atomic E-state index is 0.102. The average molecular weight is 431 g/mol. The van der Waals surface area contributed by atoms with E-state index >= 15 is 0 Å². The van der Waals surface area contributed by atoms with Crippen molar-refractivity contribution in [2.45, 2.75) is 25.2 Å². The van der Waals surface area contributed by atoms with Crippen LogP contribution in [0.2, 0.25) is 0 Å². The first-order valence-corrected chi connectivity index (χ1v) is 10.9. The molecular formula is C23H27FN2O3S. The zero-order chi connectivity index (χ0) is 21.5. The Balaban J connectivity index is 2.06. The molecule has 7 heteroatoms. The second kappa shape index (κ2) is 10.5. The Kier molecular flexibility index (Phi) is 7.76. The van der Waals surface area contributed by atoms with Gasteiger partial charge in [0, 0.05) is 25.2 Å². The summed E-state index contributed by atoms with van der Waals surface area (Å²) in [6.45, 7) is 6.70. The van der Waals surface area contributed by atoms with Crippen molar-refractivity contribution in [3.63, 3.8) is 0 Å². The van der Waals surface area contributed by atoms with Gasteiger partial charge in [-0.3, -0.25) is 0 Å². The molecule has 0 saturated carbocycles. The predicted octanol–water partition coefficient (Wildman–Crippen LogP) is 5.28. The van der Waals surface area contributed by atoms with Gasteiger partial charge >= 0.3 is 5.97 Å². The van der Waals surface area contributed by atoms with Crippen LogP contribution in [0.25, 0.3) is 11.1 Å². The van der Waals surface area contributed by atoms with Crippen LogP contribution in [-0.2, 0) is 9.53 Å². The molecule has 0 unspecified atom stereocenters. The highest BCUT2D eigenvalue weighted by molar-refractivity contribution is 7.97. The molecule has 0 N–H and O–H groups in total. The molecule has 0 fully saturated rings. The molecule has 0 aliphatic carbocycles. The molecule has 160 valence electrons. The molecule has 5 nitrogen and oxygen atoms in total. The maximum atomic E-state index is 14.1. The first-order valence-electron chi connectivity index (χ1n) is 10.1. The van der Waals surface area contributed by atoms with Gasteiger partial charge in [0.25, 0.3) is 0 Å². The highest BCUT2D eigenvalue weighted by atomic mass is 32.2. The summed E-state index contributed by atoms with van der Waals surface area (Å²) in [4.78, 5) is 15.0. The number of halogens is 1. The third kappa shape index (κ3) is 5.34. The van der Waals surface area contributed by atoms with Crippen LogP contribution in [0.4, 0.5) is 10.1 Å². The van der Waals surface area contributed by atoms with Gasteiger partial charge in [-0.1, -0.05) is 37.3 Å². The number of hydrogen-bond donors (Lipinski definition) is 0. The van der Waals surface area contributed by atoms with Crippen LogP contribution in [0.5, 0.6) is 5.75 Å². The molecule has 1 aliphatic heterocycles. The fourth-order valence-corrected chi connectivity index (χ4v) is 4.22. The van der Waals surface area contributed by atoms with E-state index in [1.165, 1.54) is 0 Å². The Labute approximate surface area is 181 Å². The number of likely N-dealkylation sites (N-methyl/N-ethyl adjacent to an activating group) is 1. The Morgan fingerprint density at radius 2 is 1.97 bits per heavy atom. The number of hydrogen-bond acceptors (Lipinski definition) is 6. The Morgan fingerprint density at radius 1 is 1.20 bits per heavy atom. The lowest BCUT2D eigenvalue weighted by Crippen LogP contribution is -2.29. The molecule has 0 amide bonds. The largest absolute Gasteiger partial charge is 0.461 e. The van der Waals surface area contributed by atoms with Crippen LogP contribution in [0.15, 0.2) is 59.4 Å². The SMILES string of the molecule is CCCN1CCN(C)Sc2cc(O/C=C(\F)C(=O)OCC)c(-c3ccccc3)cc21.